The van der Waals surface area contributed by atoms with Gasteiger partial charge in [-0.3, -0.25) is 4.79 Å². The second kappa shape index (κ2) is 9.79. The van der Waals surface area contributed by atoms with E-state index in [4.69, 9.17) is 4.98 Å². The minimum absolute atomic E-state index is 0.0357. The second-order valence-corrected chi connectivity index (χ2v) is 11.4. The highest BCUT2D eigenvalue weighted by Crippen LogP contribution is 2.33. The summed E-state index contributed by atoms with van der Waals surface area (Å²) in [5.74, 6) is 0.657. The minimum atomic E-state index is -1.56. The summed E-state index contributed by atoms with van der Waals surface area (Å²) in [7, 11) is -1.56. The van der Waals surface area contributed by atoms with Crippen molar-refractivity contribution in [1.29, 1.82) is 0 Å². The Morgan fingerprint density at radius 2 is 1.46 bits per heavy atom. The van der Waals surface area contributed by atoms with Gasteiger partial charge in [0, 0.05) is 24.2 Å². The van der Waals surface area contributed by atoms with Gasteiger partial charge in [0.15, 0.2) is 16.8 Å². The van der Waals surface area contributed by atoms with Gasteiger partial charge in [-0.2, -0.15) is 0 Å². The number of fused-ring (bicyclic) bond motifs is 3. The summed E-state index contributed by atoms with van der Waals surface area (Å²) >= 11 is 0. The molecule has 6 heteroatoms. The number of likely N-dealkylation sites (tertiary alicyclic amines) is 1. The fraction of sp³-hybridized carbons (Fsp3) is 0.152. The molecule has 1 atom stereocenters. The summed E-state index contributed by atoms with van der Waals surface area (Å²) in [5.41, 5.74) is 2.92. The molecule has 1 aliphatic rings. The van der Waals surface area contributed by atoms with Crippen molar-refractivity contribution in [3.63, 3.8) is 0 Å². The van der Waals surface area contributed by atoms with Gasteiger partial charge in [-0.05, 0) is 71.1 Å². The summed E-state index contributed by atoms with van der Waals surface area (Å²) in [5, 5.41) is 4.26. The number of carbonyl (C=O) groups excluding carboxylic acids is 1. The van der Waals surface area contributed by atoms with E-state index < -0.39 is 11.0 Å². The van der Waals surface area contributed by atoms with Crippen LogP contribution in [0.3, 0.4) is 0 Å². The standard InChI is InChI=1S/C33H27N3O2S/c37-33(35-19-6-1-7-20-35)26-16-18-31-30(22-26)34-32(29-14-8-12-24-10-4-5-13-28(24)29)36(31)39(38)27-17-15-23-9-2-3-11-25(23)21-27/h2-5,8-18,21-22H,1,6-7,19-20H2. The van der Waals surface area contributed by atoms with E-state index in [1.165, 1.54) is 6.42 Å². The third kappa shape index (κ3) is 4.21. The molecule has 1 saturated heterocycles. The highest BCUT2D eigenvalue weighted by atomic mass is 32.2. The number of aromatic nitrogens is 2. The summed E-state index contributed by atoms with van der Waals surface area (Å²) in [4.78, 5) is 20.9. The third-order valence-corrected chi connectivity index (χ3v) is 8.98. The number of carbonyl (C=O) groups is 1. The van der Waals surface area contributed by atoms with Crippen LogP contribution in [0.1, 0.15) is 29.6 Å². The Morgan fingerprint density at radius 1 is 0.718 bits per heavy atom. The van der Waals surface area contributed by atoms with Crippen molar-refractivity contribution in [2.75, 3.05) is 13.1 Å². The molecule has 0 spiro atoms. The molecule has 0 radical (unpaired) electrons. The molecule has 5 aromatic carbocycles. The minimum Gasteiger partial charge on any atom is -0.339 e. The van der Waals surface area contributed by atoms with Gasteiger partial charge in [0.05, 0.1) is 15.9 Å². The lowest BCUT2D eigenvalue weighted by molar-refractivity contribution is 0.0724. The molecule has 39 heavy (non-hydrogen) atoms. The Balaban J connectivity index is 1.42. The Labute approximate surface area is 229 Å². The molecule has 0 saturated carbocycles. The van der Waals surface area contributed by atoms with Gasteiger partial charge in [0.2, 0.25) is 0 Å². The summed E-state index contributed by atoms with van der Waals surface area (Å²) in [6.07, 6.45) is 3.25. The average Bonchev–Trinajstić information content (AvgIpc) is 3.38. The first-order chi connectivity index (χ1) is 19.2. The van der Waals surface area contributed by atoms with Crippen LogP contribution in [-0.2, 0) is 11.0 Å². The lowest BCUT2D eigenvalue weighted by atomic mass is 10.0. The predicted octanol–water partition coefficient (Wildman–Crippen LogP) is 7.21. The van der Waals surface area contributed by atoms with Crippen LogP contribution in [0.25, 0.3) is 44.0 Å². The van der Waals surface area contributed by atoms with Crippen molar-refractivity contribution in [2.45, 2.75) is 24.2 Å². The van der Waals surface area contributed by atoms with Gasteiger partial charge >= 0.3 is 0 Å². The number of benzene rings is 5. The molecular formula is C33H27N3O2S. The van der Waals surface area contributed by atoms with Crippen molar-refractivity contribution in [1.82, 2.24) is 13.9 Å². The highest BCUT2D eigenvalue weighted by Gasteiger charge is 2.23. The van der Waals surface area contributed by atoms with E-state index in [2.05, 4.69) is 24.3 Å². The largest absolute Gasteiger partial charge is 0.339 e. The van der Waals surface area contributed by atoms with Crippen molar-refractivity contribution in [3.05, 3.63) is 109 Å². The van der Waals surface area contributed by atoms with E-state index >= 15 is 0 Å². The molecule has 0 bridgehead atoms. The molecule has 1 aromatic heterocycles. The van der Waals surface area contributed by atoms with Crippen LogP contribution in [-0.4, -0.2) is 37.1 Å². The van der Waals surface area contributed by atoms with E-state index in [0.29, 0.717) is 21.8 Å². The average molecular weight is 530 g/mol. The fourth-order valence-electron chi connectivity index (χ4n) is 5.61. The van der Waals surface area contributed by atoms with Crippen molar-refractivity contribution >= 4 is 49.5 Å². The first-order valence-corrected chi connectivity index (χ1v) is 14.5. The zero-order valence-electron chi connectivity index (χ0n) is 21.4. The topological polar surface area (TPSA) is 55.2 Å². The molecule has 2 heterocycles. The summed E-state index contributed by atoms with van der Waals surface area (Å²) in [6, 6.07) is 33.9. The third-order valence-electron chi connectivity index (χ3n) is 7.62. The Morgan fingerprint density at radius 3 is 2.31 bits per heavy atom. The predicted molar refractivity (Wildman–Crippen MR) is 158 cm³/mol. The van der Waals surface area contributed by atoms with Crippen LogP contribution in [0.2, 0.25) is 0 Å². The van der Waals surface area contributed by atoms with Gasteiger partial charge in [-0.15, -0.1) is 0 Å². The van der Waals surface area contributed by atoms with Crippen molar-refractivity contribution in [3.8, 4) is 11.4 Å². The van der Waals surface area contributed by atoms with Gasteiger partial charge in [-0.1, -0.05) is 72.8 Å². The first-order valence-electron chi connectivity index (χ1n) is 13.4. The Hall–Kier alpha value is -4.29. The number of imidazole rings is 1. The summed E-state index contributed by atoms with van der Waals surface area (Å²) in [6.45, 7) is 1.58. The molecule has 192 valence electrons. The second-order valence-electron chi connectivity index (χ2n) is 10.1. The monoisotopic (exact) mass is 529 g/mol. The zero-order chi connectivity index (χ0) is 26.3. The van der Waals surface area contributed by atoms with Crippen LogP contribution < -0.4 is 0 Å². The van der Waals surface area contributed by atoms with E-state index in [-0.39, 0.29) is 5.91 Å². The maximum absolute atomic E-state index is 14.3. The van der Waals surface area contributed by atoms with Gasteiger partial charge < -0.3 is 4.90 Å². The number of amides is 1. The van der Waals surface area contributed by atoms with Crippen LogP contribution in [0, 0.1) is 0 Å². The van der Waals surface area contributed by atoms with Gasteiger partial charge in [0.1, 0.15) is 0 Å². The SMILES string of the molecule is O=C(c1ccc2c(c1)nc(-c1cccc3ccccc13)n2S(=O)c1ccc2ccccc2c1)N1CCCCC1. The molecule has 1 unspecified atom stereocenters. The van der Waals surface area contributed by atoms with E-state index in [1.54, 1.807) is 0 Å². The lowest BCUT2D eigenvalue weighted by Crippen LogP contribution is -2.35. The van der Waals surface area contributed by atoms with Gasteiger partial charge in [0.25, 0.3) is 5.91 Å². The summed E-state index contributed by atoms with van der Waals surface area (Å²) < 4.78 is 16.1. The smallest absolute Gasteiger partial charge is 0.253 e. The molecule has 0 N–H and O–H groups in total. The van der Waals surface area contributed by atoms with E-state index in [0.717, 1.165) is 58.6 Å². The van der Waals surface area contributed by atoms with E-state index in [9.17, 15) is 9.00 Å². The Bertz CT molecular complexity index is 1900. The Kier molecular flexibility index (Phi) is 5.97. The molecule has 1 fully saturated rings. The van der Waals surface area contributed by atoms with E-state index in [1.807, 2.05) is 87.7 Å². The quantitative estimate of drug-likeness (QED) is 0.243. The fourth-order valence-corrected chi connectivity index (χ4v) is 6.86. The van der Waals surface area contributed by atoms with Gasteiger partial charge in [-0.25, -0.2) is 13.2 Å². The number of piperidine rings is 1. The van der Waals surface area contributed by atoms with Crippen LogP contribution in [0.4, 0.5) is 0 Å². The molecule has 0 aliphatic carbocycles. The molecule has 1 aliphatic heterocycles. The van der Waals surface area contributed by atoms with Crippen molar-refractivity contribution in [2.24, 2.45) is 0 Å². The van der Waals surface area contributed by atoms with Crippen molar-refractivity contribution < 1.29 is 9.00 Å². The number of hydrogen-bond donors (Lipinski definition) is 0. The van der Waals surface area contributed by atoms with Crippen LogP contribution in [0.5, 0.6) is 0 Å². The molecule has 7 rings (SSSR count). The molecule has 5 nitrogen and oxygen atoms in total. The molecular weight excluding hydrogens is 502 g/mol. The lowest BCUT2D eigenvalue weighted by Gasteiger charge is -2.26. The number of hydrogen-bond acceptors (Lipinski definition) is 3. The maximum atomic E-state index is 14.3. The number of rotatable bonds is 4. The number of nitrogens with zero attached hydrogens (tertiary/aromatic N) is 3. The molecule has 1 amide bonds. The normalized spacial score (nSPS) is 14.7. The van der Waals surface area contributed by atoms with Crippen LogP contribution >= 0.6 is 0 Å². The van der Waals surface area contributed by atoms with Crippen LogP contribution in [0.15, 0.2) is 108 Å². The molecule has 6 aromatic rings. The highest BCUT2D eigenvalue weighted by molar-refractivity contribution is 7.83. The maximum Gasteiger partial charge on any atom is 0.253 e. The first kappa shape index (κ1) is 23.8. The zero-order valence-corrected chi connectivity index (χ0v) is 22.2.